The molecule has 0 atom stereocenters. The first-order valence-electron chi connectivity index (χ1n) is 8.81. The summed E-state index contributed by atoms with van der Waals surface area (Å²) < 4.78 is 35.1. The molecular weight excluding hydrogens is 396 g/mol. The van der Waals surface area contributed by atoms with E-state index < -0.39 is 10.0 Å². The summed E-state index contributed by atoms with van der Waals surface area (Å²) in [5.74, 6) is 0.345. The van der Waals surface area contributed by atoms with Crippen molar-refractivity contribution in [3.05, 3.63) is 56.8 Å². The number of rotatable bonds is 4. The van der Waals surface area contributed by atoms with Gasteiger partial charge in [0.2, 0.25) is 0 Å². The SMILES string of the molecule is CC(=NS(=O)(=O)c1ccc(C)cc1)Nc1cc(C)c2oc(=O)sc2c1C(C)C. The maximum Gasteiger partial charge on any atom is 0.396 e. The molecule has 0 radical (unpaired) electrons. The van der Waals surface area contributed by atoms with Gasteiger partial charge in [-0.15, -0.1) is 4.40 Å². The Hall–Kier alpha value is -2.45. The van der Waals surface area contributed by atoms with Gasteiger partial charge in [0, 0.05) is 5.69 Å². The van der Waals surface area contributed by atoms with Gasteiger partial charge in [-0.25, -0.2) is 4.79 Å². The van der Waals surface area contributed by atoms with Gasteiger partial charge in [-0.3, -0.25) is 0 Å². The lowest BCUT2D eigenvalue weighted by Gasteiger charge is -2.16. The van der Waals surface area contributed by atoms with Crippen LogP contribution in [0.3, 0.4) is 0 Å². The summed E-state index contributed by atoms with van der Waals surface area (Å²) in [6.07, 6.45) is 0. The quantitative estimate of drug-likeness (QED) is 0.485. The molecule has 0 saturated carbocycles. The Morgan fingerprint density at radius 1 is 1.18 bits per heavy atom. The van der Waals surface area contributed by atoms with Gasteiger partial charge in [0.25, 0.3) is 10.0 Å². The lowest BCUT2D eigenvalue weighted by Crippen LogP contribution is -2.13. The standard InChI is InChI=1S/C20H22N2O4S2/c1-11(2)17-16(10-13(4)18-19(17)27-20(23)26-18)21-14(5)22-28(24,25)15-8-6-12(3)7-9-15/h6-11H,1-5H3,(H,21,22). The Bertz CT molecular complexity index is 1220. The number of nitrogens with one attached hydrogen (secondary N) is 1. The Morgan fingerprint density at radius 3 is 2.43 bits per heavy atom. The van der Waals surface area contributed by atoms with E-state index in [1.807, 2.05) is 33.8 Å². The smallest absolute Gasteiger partial charge is 0.396 e. The molecule has 0 saturated heterocycles. The van der Waals surface area contributed by atoms with E-state index in [1.54, 1.807) is 31.2 Å². The molecule has 3 rings (SSSR count). The summed E-state index contributed by atoms with van der Waals surface area (Å²) in [4.78, 5) is 11.5. The third kappa shape index (κ3) is 4.02. The zero-order valence-corrected chi connectivity index (χ0v) is 18.0. The van der Waals surface area contributed by atoms with E-state index in [9.17, 15) is 13.2 Å². The Labute approximate surface area is 168 Å². The zero-order chi connectivity index (χ0) is 20.6. The zero-order valence-electron chi connectivity index (χ0n) is 16.4. The van der Waals surface area contributed by atoms with Gasteiger partial charge in [-0.2, -0.15) is 8.42 Å². The highest BCUT2D eigenvalue weighted by Gasteiger charge is 2.19. The molecule has 0 aliphatic rings. The summed E-state index contributed by atoms with van der Waals surface area (Å²) in [7, 11) is -3.82. The Morgan fingerprint density at radius 2 is 1.82 bits per heavy atom. The number of amidine groups is 1. The molecule has 0 aliphatic heterocycles. The number of benzene rings is 2. The molecule has 0 bridgehead atoms. The molecule has 2 aromatic carbocycles. The predicted molar refractivity (Wildman–Crippen MR) is 114 cm³/mol. The minimum Gasteiger partial charge on any atom is -0.414 e. The Kier molecular flexibility index (Phi) is 5.45. The van der Waals surface area contributed by atoms with Crippen LogP contribution in [0.4, 0.5) is 5.69 Å². The molecular formula is C20H22N2O4S2. The first-order chi connectivity index (χ1) is 13.1. The number of sulfonamides is 1. The van der Waals surface area contributed by atoms with Crippen molar-refractivity contribution in [2.24, 2.45) is 4.40 Å². The van der Waals surface area contributed by atoms with Crippen LogP contribution in [0, 0.1) is 13.8 Å². The van der Waals surface area contributed by atoms with Crippen LogP contribution < -0.4 is 10.3 Å². The van der Waals surface area contributed by atoms with Crippen molar-refractivity contribution in [3.63, 3.8) is 0 Å². The third-order valence-corrected chi connectivity index (χ3v) is 6.54. The van der Waals surface area contributed by atoms with Crippen LogP contribution >= 0.6 is 11.3 Å². The van der Waals surface area contributed by atoms with E-state index in [-0.39, 0.29) is 21.6 Å². The lowest BCUT2D eigenvalue weighted by molar-refractivity contribution is 0.583. The molecule has 3 aromatic rings. The van der Waals surface area contributed by atoms with Crippen molar-refractivity contribution in [2.45, 2.75) is 45.4 Å². The molecule has 8 heteroatoms. The topological polar surface area (TPSA) is 88.7 Å². The minimum absolute atomic E-state index is 0.0976. The van der Waals surface area contributed by atoms with E-state index in [1.165, 1.54) is 0 Å². The fourth-order valence-corrected chi connectivity index (χ4v) is 5.07. The maximum absolute atomic E-state index is 12.6. The molecule has 6 nitrogen and oxygen atoms in total. The van der Waals surface area contributed by atoms with Crippen LogP contribution in [-0.2, 0) is 10.0 Å². The van der Waals surface area contributed by atoms with Gasteiger partial charge in [-0.1, -0.05) is 42.9 Å². The number of fused-ring (bicyclic) bond motifs is 1. The van der Waals surface area contributed by atoms with Crippen LogP contribution in [0.15, 0.2) is 48.8 Å². The largest absolute Gasteiger partial charge is 0.414 e. The third-order valence-electron chi connectivity index (χ3n) is 4.30. The van der Waals surface area contributed by atoms with Crippen LogP contribution in [0.5, 0.6) is 0 Å². The highest BCUT2D eigenvalue weighted by atomic mass is 32.2. The first kappa shape index (κ1) is 20.3. The van der Waals surface area contributed by atoms with Crippen molar-refractivity contribution in [3.8, 4) is 0 Å². The lowest BCUT2D eigenvalue weighted by atomic mass is 9.98. The highest BCUT2D eigenvalue weighted by molar-refractivity contribution is 7.90. The normalized spacial score (nSPS) is 12.7. The molecule has 0 unspecified atom stereocenters. The monoisotopic (exact) mass is 418 g/mol. The van der Waals surface area contributed by atoms with Crippen LogP contribution in [0.2, 0.25) is 0 Å². The van der Waals surface area contributed by atoms with Gasteiger partial charge in [0.05, 0.1) is 9.60 Å². The van der Waals surface area contributed by atoms with Crippen LogP contribution in [-0.4, -0.2) is 14.3 Å². The number of hydrogen-bond acceptors (Lipinski definition) is 5. The molecule has 0 amide bonds. The van der Waals surface area contributed by atoms with Crippen molar-refractivity contribution < 1.29 is 12.8 Å². The molecule has 1 N–H and O–H groups in total. The fourth-order valence-electron chi connectivity index (χ4n) is 3.04. The highest BCUT2D eigenvalue weighted by Crippen LogP contribution is 2.36. The molecule has 0 spiro atoms. The molecule has 1 heterocycles. The van der Waals surface area contributed by atoms with Crippen molar-refractivity contribution in [2.75, 3.05) is 5.32 Å². The van der Waals surface area contributed by atoms with Crippen molar-refractivity contribution in [1.29, 1.82) is 0 Å². The molecule has 28 heavy (non-hydrogen) atoms. The molecule has 0 fully saturated rings. The van der Waals surface area contributed by atoms with Gasteiger partial charge in [0.15, 0.2) is 5.58 Å². The average molecular weight is 419 g/mol. The predicted octanol–water partition coefficient (Wildman–Crippen LogP) is 4.81. The number of nitrogens with zero attached hydrogens (tertiary/aromatic N) is 1. The Balaban J connectivity index is 2.04. The second kappa shape index (κ2) is 7.52. The summed E-state index contributed by atoms with van der Waals surface area (Å²) in [5.41, 5.74) is 3.97. The van der Waals surface area contributed by atoms with Crippen LogP contribution in [0.1, 0.15) is 43.4 Å². The van der Waals surface area contributed by atoms with Gasteiger partial charge >= 0.3 is 4.94 Å². The number of aryl methyl sites for hydroxylation is 2. The second-order valence-corrected chi connectivity index (χ2v) is 9.56. The van der Waals surface area contributed by atoms with E-state index >= 15 is 0 Å². The van der Waals surface area contributed by atoms with Crippen molar-refractivity contribution >= 4 is 43.2 Å². The van der Waals surface area contributed by atoms with E-state index in [4.69, 9.17) is 4.42 Å². The first-order valence-corrected chi connectivity index (χ1v) is 11.1. The van der Waals surface area contributed by atoms with Crippen LogP contribution in [0.25, 0.3) is 10.3 Å². The van der Waals surface area contributed by atoms with E-state index in [0.717, 1.165) is 38.4 Å². The number of hydrogen-bond donors (Lipinski definition) is 1. The van der Waals surface area contributed by atoms with E-state index in [0.29, 0.717) is 5.58 Å². The second-order valence-electron chi connectivity index (χ2n) is 7.01. The minimum atomic E-state index is -3.82. The molecule has 0 aliphatic carbocycles. The summed E-state index contributed by atoms with van der Waals surface area (Å²) in [5, 5.41) is 3.11. The fraction of sp³-hybridized carbons (Fsp3) is 0.300. The molecule has 1 aromatic heterocycles. The molecule has 148 valence electrons. The maximum atomic E-state index is 12.6. The van der Waals surface area contributed by atoms with Crippen molar-refractivity contribution in [1.82, 2.24) is 0 Å². The van der Waals surface area contributed by atoms with E-state index in [2.05, 4.69) is 9.71 Å². The van der Waals surface area contributed by atoms with Gasteiger partial charge in [0.1, 0.15) is 5.84 Å². The average Bonchev–Trinajstić information content (AvgIpc) is 2.96. The summed E-state index contributed by atoms with van der Waals surface area (Å²) in [6, 6.07) is 8.41. The summed E-state index contributed by atoms with van der Waals surface area (Å²) >= 11 is 1.05. The summed E-state index contributed by atoms with van der Waals surface area (Å²) in [6.45, 7) is 9.36. The van der Waals surface area contributed by atoms with Gasteiger partial charge in [-0.05, 0) is 56.0 Å². The van der Waals surface area contributed by atoms with Gasteiger partial charge < -0.3 is 9.73 Å². The number of anilines is 1.